The van der Waals surface area contributed by atoms with Crippen LogP contribution >= 0.6 is 0 Å². The fourth-order valence-corrected chi connectivity index (χ4v) is 9.69. The number of nitrogens with zero attached hydrogens (tertiary/aromatic N) is 3. The Balaban J connectivity index is 0.987. The first kappa shape index (κ1) is 36.5. The number of aromatic nitrogens is 2. The van der Waals surface area contributed by atoms with E-state index in [0.717, 1.165) is 34.0 Å². The predicted molar refractivity (Wildman–Crippen MR) is 266 cm³/mol. The molecule has 0 saturated carbocycles. The number of anilines is 3. The predicted octanol–water partition coefficient (Wildman–Crippen LogP) is 16.4. The molecule has 12 rings (SSSR count). The molecule has 0 amide bonds. The van der Waals surface area contributed by atoms with Crippen LogP contribution in [-0.4, -0.2) is 9.13 Å². The van der Waals surface area contributed by atoms with Crippen molar-refractivity contribution >= 4 is 60.7 Å². The third-order valence-corrected chi connectivity index (χ3v) is 12.5. The molecular weight excluding hydrogens is 763 g/mol. The Morgan fingerprint density at radius 3 is 1.29 bits per heavy atom. The van der Waals surface area contributed by atoms with Gasteiger partial charge in [-0.2, -0.15) is 0 Å². The van der Waals surface area contributed by atoms with Crippen LogP contribution in [0.2, 0.25) is 0 Å². The maximum Gasteiger partial charge on any atom is 0.0562 e. The molecular formula is C60H41N3. The Morgan fingerprint density at radius 1 is 0.270 bits per heavy atom. The molecule has 0 N–H and O–H groups in total. The molecule has 2 heterocycles. The van der Waals surface area contributed by atoms with Crippen molar-refractivity contribution in [2.45, 2.75) is 0 Å². The van der Waals surface area contributed by atoms with Crippen molar-refractivity contribution in [2.75, 3.05) is 4.90 Å². The molecule has 0 atom stereocenters. The van der Waals surface area contributed by atoms with Crippen molar-refractivity contribution in [2.24, 2.45) is 0 Å². The smallest absolute Gasteiger partial charge is 0.0562 e. The maximum atomic E-state index is 2.42. The van der Waals surface area contributed by atoms with Crippen molar-refractivity contribution in [1.82, 2.24) is 9.13 Å². The first-order chi connectivity index (χ1) is 31.3. The minimum Gasteiger partial charge on any atom is -0.310 e. The third-order valence-electron chi connectivity index (χ3n) is 12.5. The van der Waals surface area contributed by atoms with E-state index in [4.69, 9.17) is 0 Å². The van der Waals surface area contributed by atoms with Gasteiger partial charge in [-0.3, -0.25) is 0 Å². The lowest BCUT2D eigenvalue weighted by Crippen LogP contribution is -2.10. The van der Waals surface area contributed by atoms with Crippen LogP contribution in [0.15, 0.2) is 249 Å². The highest BCUT2D eigenvalue weighted by Gasteiger charge is 2.22. The van der Waals surface area contributed by atoms with Crippen molar-refractivity contribution in [3.8, 4) is 44.8 Å². The monoisotopic (exact) mass is 803 g/mol. The van der Waals surface area contributed by atoms with Crippen LogP contribution in [0, 0.1) is 0 Å². The van der Waals surface area contributed by atoms with Crippen LogP contribution in [0.1, 0.15) is 0 Å². The van der Waals surface area contributed by atoms with Gasteiger partial charge < -0.3 is 14.0 Å². The van der Waals surface area contributed by atoms with Gasteiger partial charge in [0.15, 0.2) is 0 Å². The van der Waals surface area contributed by atoms with Gasteiger partial charge in [-0.15, -0.1) is 0 Å². The van der Waals surface area contributed by atoms with E-state index in [-0.39, 0.29) is 0 Å². The fourth-order valence-electron chi connectivity index (χ4n) is 9.69. The summed E-state index contributed by atoms with van der Waals surface area (Å²) in [4.78, 5) is 2.42. The fraction of sp³-hybridized carbons (Fsp3) is 0. The highest BCUT2D eigenvalue weighted by atomic mass is 15.1. The van der Waals surface area contributed by atoms with Crippen molar-refractivity contribution < 1.29 is 0 Å². The molecule has 0 saturated heterocycles. The number of hydrogen-bond acceptors (Lipinski definition) is 1. The summed E-state index contributed by atoms with van der Waals surface area (Å²) in [6.45, 7) is 0. The van der Waals surface area contributed by atoms with Crippen molar-refractivity contribution in [1.29, 1.82) is 0 Å². The Kier molecular flexibility index (Phi) is 8.83. The van der Waals surface area contributed by atoms with E-state index in [1.165, 1.54) is 71.4 Å². The standard InChI is InChI=1S/C60H41N3/c1-4-17-42(18-5-1)43-33-37-49(38-34-43)61(57-31-16-32-58-60(57)53-26-11-13-29-55(53)63(58)48-23-8-3-9-24-48)50-39-35-44(36-40-50)45-19-14-20-46(41-45)51-27-15-30-56-59(51)52-25-10-12-28-54(52)62(56)47-21-6-2-7-22-47/h1-41H. The molecule has 296 valence electrons. The SMILES string of the molecule is c1ccc(-c2ccc(N(c3ccc(-c4cccc(-c5cccc6c5c5ccccc5n6-c5ccccc5)c4)cc3)c3cccc4c3c3ccccc3n4-c3ccccc3)cc2)cc1. The van der Waals surface area contributed by atoms with Gasteiger partial charge in [-0.1, -0.05) is 164 Å². The van der Waals surface area contributed by atoms with Gasteiger partial charge >= 0.3 is 0 Å². The Bertz CT molecular complexity index is 3580. The number of rotatable bonds is 8. The maximum absolute atomic E-state index is 2.42. The minimum absolute atomic E-state index is 1.09. The molecule has 63 heavy (non-hydrogen) atoms. The first-order valence-electron chi connectivity index (χ1n) is 21.6. The second-order valence-corrected chi connectivity index (χ2v) is 16.1. The molecule has 0 radical (unpaired) electrons. The van der Waals surface area contributed by atoms with Crippen LogP contribution in [0.25, 0.3) is 88.4 Å². The molecule has 0 bridgehead atoms. The van der Waals surface area contributed by atoms with Crippen LogP contribution in [-0.2, 0) is 0 Å². The van der Waals surface area contributed by atoms with E-state index in [2.05, 4.69) is 263 Å². The number of para-hydroxylation sites is 4. The van der Waals surface area contributed by atoms with E-state index in [9.17, 15) is 0 Å². The van der Waals surface area contributed by atoms with Crippen LogP contribution < -0.4 is 4.90 Å². The molecule has 0 aliphatic carbocycles. The van der Waals surface area contributed by atoms with Crippen LogP contribution in [0.5, 0.6) is 0 Å². The van der Waals surface area contributed by atoms with Crippen LogP contribution in [0.3, 0.4) is 0 Å². The minimum atomic E-state index is 1.09. The van der Waals surface area contributed by atoms with Gasteiger partial charge in [0.05, 0.1) is 27.8 Å². The van der Waals surface area contributed by atoms with Gasteiger partial charge in [0.2, 0.25) is 0 Å². The second-order valence-electron chi connectivity index (χ2n) is 16.1. The van der Waals surface area contributed by atoms with Gasteiger partial charge in [0.1, 0.15) is 0 Å². The van der Waals surface area contributed by atoms with E-state index >= 15 is 0 Å². The lowest BCUT2D eigenvalue weighted by Gasteiger charge is -2.27. The molecule has 0 aliphatic rings. The Morgan fingerprint density at radius 2 is 0.683 bits per heavy atom. The molecule has 2 aromatic heterocycles. The van der Waals surface area contributed by atoms with Gasteiger partial charge in [-0.25, -0.2) is 0 Å². The molecule has 0 unspecified atom stereocenters. The van der Waals surface area contributed by atoms with E-state index < -0.39 is 0 Å². The molecule has 10 aromatic carbocycles. The van der Waals surface area contributed by atoms with Crippen molar-refractivity contribution in [3.05, 3.63) is 249 Å². The Labute approximate surface area is 366 Å². The Hall–Kier alpha value is -8.40. The van der Waals surface area contributed by atoms with Crippen LogP contribution in [0.4, 0.5) is 17.1 Å². The number of hydrogen-bond donors (Lipinski definition) is 0. The van der Waals surface area contributed by atoms with Crippen molar-refractivity contribution in [3.63, 3.8) is 0 Å². The summed E-state index contributed by atoms with van der Waals surface area (Å²) in [5.74, 6) is 0. The van der Waals surface area contributed by atoms with Gasteiger partial charge in [-0.05, 0) is 118 Å². The molecule has 0 aliphatic heterocycles. The van der Waals surface area contributed by atoms with E-state index in [1.54, 1.807) is 0 Å². The summed E-state index contributed by atoms with van der Waals surface area (Å²) in [5.41, 5.74) is 17.5. The van der Waals surface area contributed by atoms with Gasteiger partial charge in [0.25, 0.3) is 0 Å². The largest absolute Gasteiger partial charge is 0.310 e. The molecule has 3 heteroatoms. The number of benzene rings is 10. The summed E-state index contributed by atoms with van der Waals surface area (Å²) in [6, 6.07) is 90.0. The first-order valence-corrected chi connectivity index (χ1v) is 21.6. The normalized spacial score (nSPS) is 11.5. The van der Waals surface area contributed by atoms with E-state index in [0.29, 0.717) is 0 Å². The topological polar surface area (TPSA) is 13.1 Å². The average Bonchev–Trinajstić information content (AvgIpc) is 3.89. The highest BCUT2D eigenvalue weighted by Crippen LogP contribution is 2.45. The zero-order valence-corrected chi connectivity index (χ0v) is 34.5. The summed E-state index contributed by atoms with van der Waals surface area (Å²) in [5, 5.41) is 4.94. The summed E-state index contributed by atoms with van der Waals surface area (Å²) in [7, 11) is 0. The average molecular weight is 804 g/mol. The number of fused-ring (bicyclic) bond motifs is 6. The highest BCUT2D eigenvalue weighted by molar-refractivity contribution is 6.17. The molecule has 3 nitrogen and oxygen atoms in total. The lowest BCUT2D eigenvalue weighted by atomic mass is 9.95. The summed E-state index contributed by atoms with van der Waals surface area (Å²) >= 11 is 0. The zero-order chi connectivity index (χ0) is 41.7. The third kappa shape index (κ3) is 6.21. The quantitative estimate of drug-likeness (QED) is 0.149. The van der Waals surface area contributed by atoms with Gasteiger partial charge in [0, 0.05) is 44.3 Å². The lowest BCUT2D eigenvalue weighted by molar-refractivity contribution is 1.18. The summed E-state index contributed by atoms with van der Waals surface area (Å²) < 4.78 is 4.78. The molecule has 0 fully saturated rings. The second kappa shape index (κ2) is 15.3. The molecule has 12 aromatic rings. The molecule has 0 spiro atoms. The zero-order valence-electron chi connectivity index (χ0n) is 34.5. The van der Waals surface area contributed by atoms with E-state index in [1.807, 2.05) is 0 Å². The summed E-state index contributed by atoms with van der Waals surface area (Å²) in [6.07, 6.45) is 0.